The van der Waals surface area contributed by atoms with Gasteiger partial charge in [0.2, 0.25) is 0 Å². The molecule has 0 atom stereocenters. The summed E-state index contributed by atoms with van der Waals surface area (Å²) in [5, 5.41) is 0. The van der Waals surface area contributed by atoms with E-state index in [0.29, 0.717) is 25.4 Å². The smallest absolute Gasteiger partial charge is 0.123 e. The minimum atomic E-state index is -0.349. The molecule has 1 aromatic carbocycles. The molecule has 0 radical (unpaired) electrons. The predicted molar refractivity (Wildman–Crippen MR) is 61.7 cm³/mol. The van der Waals surface area contributed by atoms with E-state index in [2.05, 4.69) is 0 Å². The number of benzene rings is 1. The molecule has 0 saturated carbocycles. The Morgan fingerprint density at radius 3 is 2.88 bits per heavy atom. The summed E-state index contributed by atoms with van der Waals surface area (Å²) < 4.78 is 23.5. The number of rotatable bonds is 4. The predicted octanol–water partition coefficient (Wildman–Crippen LogP) is 1.38. The van der Waals surface area contributed by atoms with Crippen LogP contribution >= 0.6 is 12.2 Å². The summed E-state index contributed by atoms with van der Waals surface area (Å²) >= 11 is 4.86. The summed E-state index contributed by atoms with van der Waals surface area (Å²) in [6, 6.07) is 4.35. The van der Waals surface area contributed by atoms with Gasteiger partial charge in [-0.2, -0.15) is 0 Å². The quantitative estimate of drug-likeness (QED) is 0.809. The molecule has 0 bridgehead atoms. The van der Waals surface area contributed by atoms with Gasteiger partial charge in [0.05, 0.1) is 19.8 Å². The van der Waals surface area contributed by atoms with Crippen molar-refractivity contribution in [3.05, 3.63) is 35.1 Å². The van der Waals surface area contributed by atoms with Gasteiger partial charge in [-0.3, -0.25) is 0 Å². The lowest BCUT2D eigenvalue weighted by Crippen LogP contribution is -2.36. The number of ether oxygens (including phenoxy) is 2. The summed E-state index contributed by atoms with van der Waals surface area (Å²) in [6.07, 6.45) is 0.129. The molecule has 1 heterocycles. The van der Waals surface area contributed by atoms with Crippen LogP contribution in [0.25, 0.3) is 0 Å². The van der Waals surface area contributed by atoms with Crippen molar-refractivity contribution in [3.63, 3.8) is 0 Å². The highest BCUT2D eigenvalue weighted by Crippen LogP contribution is 2.15. The molecule has 1 aromatic rings. The average Bonchev–Trinajstić information content (AvgIpc) is 2.17. The fourth-order valence-electron chi connectivity index (χ4n) is 1.42. The number of thiocarbonyl (C=S) groups is 1. The molecule has 0 aromatic heterocycles. The van der Waals surface area contributed by atoms with Crippen molar-refractivity contribution >= 4 is 17.2 Å². The minimum Gasteiger partial charge on any atom is -0.389 e. The minimum absolute atomic E-state index is 0.129. The standard InChI is InChI=1S/C11H12FNO2S/c12-8-2-1-7(10(3-8)11(13)16)4-15-9-5-14-6-9/h1-3,9H,4-6H2,(H2,13,16). The van der Waals surface area contributed by atoms with Crippen LogP contribution in [0.2, 0.25) is 0 Å². The molecule has 16 heavy (non-hydrogen) atoms. The van der Waals surface area contributed by atoms with Gasteiger partial charge < -0.3 is 15.2 Å². The topological polar surface area (TPSA) is 44.5 Å². The van der Waals surface area contributed by atoms with Crippen molar-refractivity contribution in [1.29, 1.82) is 0 Å². The van der Waals surface area contributed by atoms with Crippen molar-refractivity contribution < 1.29 is 13.9 Å². The Balaban J connectivity index is 2.08. The molecule has 1 fully saturated rings. The molecular weight excluding hydrogens is 229 g/mol. The lowest BCUT2D eigenvalue weighted by Gasteiger charge is -2.26. The first-order valence-electron chi connectivity index (χ1n) is 4.94. The van der Waals surface area contributed by atoms with Gasteiger partial charge in [0.25, 0.3) is 0 Å². The zero-order valence-corrected chi connectivity index (χ0v) is 9.43. The first kappa shape index (κ1) is 11.4. The van der Waals surface area contributed by atoms with Crippen LogP contribution in [0.1, 0.15) is 11.1 Å². The third kappa shape index (κ3) is 2.55. The zero-order chi connectivity index (χ0) is 11.5. The SMILES string of the molecule is NC(=S)c1cc(F)ccc1COC1COC1. The molecule has 1 saturated heterocycles. The van der Waals surface area contributed by atoms with Gasteiger partial charge in [-0.05, 0) is 17.7 Å². The summed E-state index contributed by atoms with van der Waals surface area (Å²) in [4.78, 5) is 0.183. The number of nitrogens with two attached hydrogens (primary N) is 1. The molecule has 86 valence electrons. The zero-order valence-electron chi connectivity index (χ0n) is 8.61. The average molecular weight is 241 g/mol. The maximum Gasteiger partial charge on any atom is 0.123 e. The summed E-state index contributed by atoms with van der Waals surface area (Å²) in [7, 11) is 0. The Morgan fingerprint density at radius 1 is 1.56 bits per heavy atom. The van der Waals surface area contributed by atoms with Crippen molar-refractivity contribution in [2.75, 3.05) is 13.2 Å². The molecule has 0 spiro atoms. The van der Waals surface area contributed by atoms with Crippen molar-refractivity contribution in [3.8, 4) is 0 Å². The normalized spacial score (nSPS) is 15.8. The van der Waals surface area contributed by atoms with Gasteiger partial charge in [-0.25, -0.2) is 4.39 Å². The third-order valence-electron chi connectivity index (χ3n) is 2.42. The van der Waals surface area contributed by atoms with E-state index < -0.39 is 0 Å². The monoisotopic (exact) mass is 241 g/mol. The molecule has 3 nitrogen and oxygen atoms in total. The molecule has 0 unspecified atom stereocenters. The Labute approximate surface area is 98.3 Å². The molecule has 1 aliphatic rings. The largest absolute Gasteiger partial charge is 0.389 e. The first-order valence-corrected chi connectivity index (χ1v) is 5.35. The molecular formula is C11H12FNO2S. The summed E-state index contributed by atoms with van der Waals surface area (Å²) in [5.41, 5.74) is 6.86. The Hall–Kier alpha value is -1.04. The van der Waals surface area contributed by atoms with Crippen molar-refractivity contribution in [1.82, 2.24) is 0 Å². The van der Waals surface area contributed by atoms with E-state index in [4.69, 9.17) is 27.4 Å². The van der Waals surface area contributed by atoms with Crippen LogP contribution in [-0.2, 0) is 16.1 Å². The van der Waals surface area contributed by atoms with E-state index in [-0.39, 0.29) is 16.9 Å². The maximum atomic E-state index is 13.0. The van der Waals surface area contributed by atoms with Crippen LogP contribution in [0.3, 0.4) is 0 Å². The number of hydrogen-bond acceptors (Lipinski definition) is 3. The van der Waals surface area contributed by atoms with Crippen LogP contribution in [0.4, 0.5) is 4.39 Å². The van der Waals surface area contributed by atoms with Crippen LogP contribution < -0.4 is 5.73 Å². The lowest BCUT2D eigenvalue weighted by atomic mass is 10.1. The lowest BCUT2D eigenvalue weighted by molar-refractivity contribution is -0.135. The van der Waals surface area contributed by atoms with Gasteiger partial charge in [-0.15, -0.1) is 0 Å². The van der Waals surface area contributed by atoms with Crippen LogP contribution in [-0.4, -0.2) is 24.3 Å². The fourth-order valence-corrected chi connectivity index (χ4v) is 1.61. The highest BCUT2D eigenvalue weighted by Gasteiger charge is 2.19. The van der Waals surface area contributed by atoms with Crippen LogP contribution in [0, 0.1) is 5.82 Å². The van der Waals surface area contributed by atoms with Gasteiger partial charge >= 0.3 is 0 Å². The first-order chi connectivity index (χ1) is 7.66. The van der Waals surface area contributed by atoms with Crippen LogP contribution in [0.15, 0.2) is 18.2 Å². The number of hydrogen-bond donors (Lipinski definition) is 1. The van der Waals surface area contributed by atoms with Gasteiger partial charge in [0.1, 0.15) is 16.9 Å². The molecule has 2 rings (SSSR count). The van der Waals surface area contributed by atoms with E-state index in [1.807, 2.05) is 0 Å². The van der Waals surface area contributed by atoms with E-state index in [0.717, 1.165) is 5.56 Å². The van der Waals surface area contributed by atoms with Crippen molar-refractivity contribution in [2.45, 2.75) is 12.7 Å². The molecule has 0 aliphatic carbocycles. The Kier molecular flexibility index (Phi) is 3.48. The van der Waals surface area contributed by atoms with Crippen molar-refractivity contribution in [2.24, 2.45) is 5.73 Å². The fraction of sp³-hybridized carbons (Fsp3) is 0.364. The second-order valence-corrected chi connectivity index (χ2v) is 4.08. The van der Waals surface area contributed by atoms with Gasteiger partial charge in [0.15, 0.2) is 0 Å². The highest BCUT2D eigenvalue weighted by molar-refractivity contribution is 7.80. The molecule has 5 heteroatoms. The maximum absolute atomic E-state index is 13.0. The molecule has 0 amide bonds. The molecule has 1 aliphatic heterocycles. The van der Waals surface area contributed by atoms with Gasteiger partial charge in [0, 0.05) is 5.56 Å². The van der Waals surface area contributed by atoms with E-state index in [9.17, 15) is 4.39 Å². The van der Waals surface area contributed by atoms with Crippen LogP contribution in [0.5, 0.6) is 0 Å². The summed E-state index contributed by atoms with van der Waals surface area (Å²) in [5.74, 6) is -0.349. The summed E-state index contributed by atoms with van der Waals surface area (Å²) in [6.45, 7) is 1.61. The Bertz CT molecular complexity index is 407. The second-order valence-electron chi connectivity index (χ2n) is 3.64. The Morgan fingerprint density at radius 2 is 2.31 bits per heavy atom. The van der Waals surface area contributed by atoms with Gasteiger partial charge in [-0.1, -0.05) is 18.3 Å². The second kappa shape index (κ2) is 4.86. The van der Waals surface area contributed by atoms with E-state index in [1.54, 1.807) is 6.07 Å². The highest BCUT2D eigenvalue weighted by atomic mass is 32.1. The molecule has 2 N–H and O–H groups in total. The third-order valence-corrected chi connectivity index (χ3v) is 2.64. The van der Waals surface area contributed by atoms with E-state index >= 15 is 0 Å². The van der Waals surface area contributed by atoms with E-state index in [1.165, 1.54) is 12.1 Å². The number of halogens is 1.